The quantitative estimate of drug-likeness (QED) is 0.925. The first-order valence-electron chi connectivity index (χ1n) is 5.78. The maximum Gasteiger partial charge on any atom is 0.220 e. The van der Waals surface area contributed by atoms with Gasteiger partial charge in [0.1, 0.15) is 11.9 Å². The van der Waals surface area contributed by atoms with Crippen LogP contribution in [0.4, 0.5) is 10.2 Å². The van der Waals surface area contributed by atoms with E-state index >= 15 is 0 Å². The van der Waals surface area contributed by atoms with E-state index in [1.165, 1.54) is 13.2 Å². The molecule has 0 aliphatic rings. The molecule has 0 aliphatic carbocycles. The van der Waals surface area contributed by atoms with Gasteiger partial charge in [-0.05, 0) is 35.0 Å². The van der Waals surface area contributed by atoms with Gasteiger partial charge in [-0.25, -0.2) is 14.4 Å². The fraction of sp³-hybridized carbons (Fsp3) is 0.231. The average molecular weight is 342 g/mol. The molecule has 0 amide bonds. The van der Waals surface area contributed by atoms with E-state index in [0.717, 1.165) is 10.7 Å². The zero-order valence-corrected chi connectivity index (χ0v) is 12.5. The third-order valence-electron chi connectivity index (χ3n) is 2.63. The van der Waals surface area contributed by atoms with Crippen molar-refractivity contribution in [3.63, 3.8) is 0 Å². The van der Waals surface area contributed by atoms with Gasteiger partial charge in [0.25, 0.3) is 0 Å². The van der Waals surface area contributed by atoms with E-state index in [0.29, 0.717) is 17.2 Å². The largest absolute Gasteiger partial charge is 0.482 e. The van der Waals surface area contributed by atoms with Crippen LogP contribution in [0, 0.1) is 5.82 Å². The number of rotatable bonds is 4. The number of hydrogen-bond donors (Lipinski definition) is 1. The van der Waals surface area contributed by atoms with Crippen LogP contribution in [-0.4, -0.2) is 17.1 Å². The van der Waals surface area contributed by atoms with Crippen LogP contribution in [-0.2, 0) is 0 Å². The van der Waals surface area contributed by atoms with E-state index in [4.69, 9.17) is 15.2 Å². The molecule has 1 unspecified atom stereocenters. The SMILES string of the molecule is COc1ncc(F)cc1C(C)Oc1cc(Br)cnc1N. The number of aromatic nitrogens is 2. The molecule has 5 nitrogen and oxygen atoms in total. The Labute approximate surface area is 124 Å². The van der Waals surface area contributed by atoms with E-state index in [2.05, 4.69) is 25.9 Å². The first-order chi connectivity index (χ1) is 9.51. The predicted molar refractivity (Wildman–Crippen MR) is 76.1 cm³/mol. The van der Waals surface area contributed by atoms with Crippen molar-refractivity contribution in [1.82, 2.24) is 9.97 Å². The fourth-order valence-corrected chi connectivity index (χ4v) is 1.99. The Morgan fingerprint density at radius 1 is 1.30 bits per heavy atom. The summed E-state index contributed by atoms with van der Waals surface area (Å²) >= 11 is 3.29. The maximum atomic E-state index is 13.3. The summed E-state index contributed by atoms with van der Waals surface area (Å²) in [5.74, 6) is 0.499. The minimum absolute atomic E-state index is 0.253. The number of halogens is 2. The highest BCUT2D eigenvalue weighted by Gasteiger charge is 2.17. The van der Waals surface area contributed by atoms with Gasteiger partial charge >= 0.3 is 0 Å². The van der Waals surface area contributed by atoms with Gasteiger partial charge in [0.2, 0.25) is 5.88 Å². The summed E-state index contributed by atoms with van der Waals surface area (Å²) in [6, 6.07) is 3.01. The van der Waals surface area contributed by atoms with Crippen molar-refractivity contribution in [2.24, 2.45) is 0 Å². The van der Waals surface area contributed by atoms with Crippen LogP contribution in [0.5, 0.6) is 11.6 Å². The number of nitrogens with two attached hydrogens (primary N) is 1. The minimum Gasteiger partial charge on any atom is -0.482 e. The highest BCUT2D eigenvalue weighted by atomic mass is 79.9. The number of nitrogens with zero attached hydrogens (tertiary/aromatic N) is 2. The third kappa shape index (κ3) is 3.16. The summed E-state index contributed by atoms with van der Waals surface area (Å²) in [6.07, 6.45) is 2.16. The number of nitrogen functional groups attached to an aromatic ring is 1. The molecule has 2 rings (SSSR count). The molecule has 1 atom stereocenters. The van der Waals surface area contributed by atoms with E-state index in [-0.39, 0.29) is 5.82 Å². The van der Waals surface area contributed by atoms with Gasteiger partial charge in [0.05, 0.1) is 18.9 Å². The Morgan fingerprint density at radius 3 is 2.75 bits per heavy atom. The Morgan fingerprint density at radius 2 is 2.05 bits per heavy atom. The van der Waals surface area contributed by atoms with Crippen LogP contribution in [0.3, 0.4) is 0 Å². The first-order valence-corrected chi connectivity index (χ1v) is 6.57. The molecule has 2 aromatic heterocycles. The second-order valence-electron chi connectivity index (χ2n) is 4.05. The smallest absolute Gasteiger partial charge is 0.220 e. The van der Waals surface area contributed by atoms with Crippen molar-refractivity contribution in [1.29, 1.82) is 0 Å². The van der Waals surface area contributed by atoms with Crippen LogP contribution in [0.1, 0.15) is 18.6 Å². The molecule has 7 heteroatoms. The number of hydrogen-bond acceptors (Lipinski definition) is 5. The summed E-state index contributed by atoms with van der Waals surface area (Å²) in [7, 11) is 1.46. The van der Waals surface area contributed by atoms with Gasteiger partial charge in [-0.1, -0.05) is 0 Å². The van der Waals surface area contributed by atoms with Crippen LogP contribution in [0.15, 0.2) is 29.0 Å². The van der Waals surface area contributed by atoms with Gasteiger partial charge in [-0.15, -0.1) is 0 Å². The van der Waals surface area contributed by atoms with Gasteiger partial charge in [0, 0.05) is 10.7 Å². The van der Waals surface area contributed by atoms with Gasteiger partial charge < -0.3 is 15.2 Å². The first kappa shape index (κ1) is 14.5. The topological polar surface area (TPSA) is 70.3 Å². The lowest BCUT2D eigenvalue weighted by molar-refractivity contribution is 0.219. The molecule has 0 bridgehead atoms. The lowest BCUT2D eigenvalue weighted by atomic mass is 10.1. The van der Waals surface area contributed by atoms with Gasteiger partial charge in [-0.3, -0.25) is 0 Å². The lowest BCUT2D eigenvalue weighted by Crippen LogP contribution is -2.08. The standard InChI is InChI=1S/C13H13BrFN3O2/c1-7(10-4-9(15)6-18-13(10)19-2)20-11-3-8(14)5-17-12(11)16/h3-7H,1-2H3,(H2,16,17). The average Bonchev–Trinajstić information content (AvgIpc) is 2.42. The predicted octanol–water partition coefficient (Wildman–Crippen LogP) is 3.11. The molecule has 106 valence electrons. The van der Waals surface area contributed by atoms with Crippen molar-refractivity contribution in [3.05, 3.63) is 40.4 Å². The van der Waals surface area contributed by atoms with Crippen LogP contribution < -0.4 is 15.2 Å². The molecule has 2 aromatic rings. The fourth-order valence-electron chi connectivity index (χ4n) is 1.68. The van der Waals surface area contributed by atoms with E-state index < -0.39 is 11.9 Å². The molecule has 20 heavy (non-hydrogen) atoms. The summed E-state index contributed by atoms with van der Waals surface area (Å²) in [5, 5.41) is 0. The third-order valence-corrected chi connectivity index (χ3v) is 3.06. The van der Waals surface area contributed by atoms with Crippen molar-refractivity contribution >= 4 is 21.7 Å². The van der Waals surface area contributed by atoms with E-state index in [1.54, 1.807) is 19.2 Å². The van der Waals surface area contributed by atoms with Gasteiger partial charge in [0.15, 0.2) is 11.6 Å². The van der Waals surface area contributed by atoms with E-state index in [1.807, 2.05) is 0 Å². The Kier molecular flexibility index (Phi) is 4.39. The molecular weight excluding hydrogens is 329 g/mol. The minimum atomic E-state index is -0.494. The Balaban J connectivity index is 2.30. The zero-order chi connectivity index (χ0) is 14.7. The number of anilines is 1. The molecule has 0 aliphatic heterocycles. The number of ether oxygens (including phenoxy) is 2. The summed E-state index contributed by atoms with van der Waals surface area (Å²) in [4.78, 5) is 7.84. The van der Waals surface area contributed by atoms with Crippen molar-refractivity contribution in [3.8, 4) is 11.6 Å². The zero-order valence-electron chi connectivity index (χ0n) is 10.9. The highest BCUT2D eigenvalue weighted by molar-refractivity contribution is 9.10. The molecule has 0 aromatic carbocycles. The second kappa shape index (κ2) is 6.04. The summed E-state index contributed by atoms with van der Waals surface area (Å²) in [5.41, 5.74) is 6.23. The van der Waals surface area contributed by atoms with Crippen LogP contribution in [0.25, 0.3) is 0 Å². The number of pyridine rings is 2. The highest BCUT2D eigenvalue weighted by Crippen LogP contribution is 2.31. The van der Waals surface area contributed by atoms with Crippen LogP contribution in [0.2, 0.25) is 0 Å². The Hall–Kier alpha value is -1.89. The molecule has 0 spiro atoms. The van der Waals surface area contributed by atoms with Crippen molar-refractivity contribution in [2.45, 2.75) is 13.0 Å². The lowest BCUT2D eigenvalue weighted by Gasteiger charge is -2.17. The maximum absolute atomic E-state index is 13.3. The molecule has 0 fully saturated rings. The molecule has 2 heterocycles. The molecule has 0 saturated heterocycles. The van der Waals surface area contributed by atoms with E-state index in [9.17, 15) is 4.39 Å². The number of methoxy groups -OCH3 is 1. The molecular formula is C13H13BrFN3O2. The monoisotopic (exact) mass is 341 g/mol. The Bertz CT molecular complexity index is 625. The normalized spacial score (nSPS) is 12.0. The molecule has 0 radical (unpaired) electrons. The second-order valence-corrected chi connectivity index (χ2v) is 4.96. The van der Waals surface area contributed by atoms with Crippen molar-refractivity contribution < 1.29 is 13.9 Å². The van der Waals surface area contributed by atoms with Crippen molar-refractivity contribution in [2.75, 3.05) is 12.8 Å². The summed E-state index contributed by atoms with van der Waals surface area (Å²) in [6.45, 7) is 1.75. The van der Waals surface area contributed by atoms with Gasteiger partial charge in [-0.2, -0.15) is 0 Å². The molecule has 0 saturated carbocycles. The molecule has 2 N–H and O–H groups in total. The summed E-state index contributed by atoms with van der Waals surface area (Å²) < 4.78 is 24.8. The van der Waals surface area contributed by atoms with Crippen LogP contribution >= 0.6 is 15.9 Å².